The maximum atomic E-state index is 12.0. The number of nitrogens with zero attached hydrogens (tertiary/aromatic N) is 1. The minimum atomic E-state index is 0.0459. The van der Waals surface area contributed by atoms with Crippen LogP contribution < -0.4 is 10.6 Å². The van der Waals surface area contributed by atoms with Gasteiger partial charge in [-0.2, -0.15) is 0 Å². The number of likely N-dealkylation sites (N-methyl/N-ethyl adjacent to an activating group) is 1. The predicted molar refractivity (Wildman–Crippen MR) is 109 cm³/mol. The molecule has 1 unspecified atom stereocenters. The van der Waals surface area contributed by atoms with Crippen molar-refractivity contribution in [3.05, 3.63) is 57.3 Å². The number of fused-ring (bicyclic) bond motifs is 1. The average molecular weight is 372 g/mol. The Morgan fingerprint density at radius 2 is 1.92 bits per heavy atom. The lowest BCUT2D eigenvalue weighted by Crippen LogP contribution is -2.42. The van der Waals surface area contributed by atoms with Gasteiger partial charge in [-0.3, -0.25) is 9.69 Å². The van der Waals surface area contributed by atoms with E-state index in [1.165, 1.54) is 21.6 Å². The summed E-state index contributed by atoms with van der Waals surface area (Å²) in [5.74, 6) is 0.575. The van der Waals surface area contributed by atoms with Crippen LogP contribution in [-0.4, -0.2) is 37.5 Å². The number of thiophene rings is 1. The van der Waals surface area contributed by atoms with Gasteiger partial charge in [-0.05, 0) is 47.5 Å². The minimum Gasteiger partial charge on any atom is -0.353 e. The van der Waals surface area contributed by atoms with E-state index in [0.29, 0.717) is 19.0 Å². The first-order valence-corrected chi connectivity index (χ1v) is 10.3. The number of amides is 1. The van der Waals surface area contributed by atoms with Gasteiger partial charge in [0.25, 0.3) is 0 Å². The Morgan fingerprint density at radius 1 is 1.19 bits per heavy atom. The first kappa shape index (κ1) is 19.1. The van der Waals surface area contributed by atoms with Gasteiger partial charge in [0.1, 0.15) is 0 Å². The summed E-state index contributed by atoms with van der Waals surface area (Å²) in [6.07, 6.45) is 1.10. The van der Waals surface area contributed by atoms with Gasteiger partial charge in [0.15, 0.2) is 0 Å². The molecule has 1 aromatic carbocycles. The Bertz CT molecular complexity index is 723. The van der Waals surface area contributed by atoms with Crippen molar-refractivity contribution in [1.29, 1.82) is 0 Å². The highest BCUT2D eigenvalue weighted by Crippen LogP contribution is 2.30. The molecule has 2 heterocycles. The van der Waals surface area contributed by atoms with Gasteiger partial charge in [0.2, 0.25) is 5.91 Å². The third kappa shape index (κ3) is 4.53. The third-order valence-electron chi connectivity index (χ3n) is 5.10. The van der Waals surface area contributed by atoms with E-state index in [1.54, 1.807) is 7.05 Å². The smallest absolute Gasteiger partial charge is 0.234 e. The molecule has 3 rings (SSSR count). The molecule has 1 amide bonds. The molecule has 0 spiro atoms. The van der Waals surface area contributed by atoms with E-state index in [9.17, 15) is 4.79 Å². The van der Waals surface area contributed by atoms with Crippen molar-refractivity contribution in [2.75, 3.05) is 26.7 Å². The van der Waals surface area contributed by atoms with Crippen LogP contribution in [0, 0.1) is 0 Å². The van der Waals surface area contributed by atoms with Gasteiger partial charge < -0.3 is 10.6 Å². The van der Waals surface area contributed by atoms with E-state index in [-0.39, 0.29) is 11.9 Å². The predicted octanol–water partition coefficient (Wildman–Crippen LogP) is 3.31. The first-order chi connectivity index (χ1) is 12.6. The van der Waals surface area contributed by atoms with Crippen LogP contribution in [0.15, 0.2) is 35.7 Å². The zero-order valence-corrected chi connectivity index (χ0v) is 16.7. The summed E-state index contributed by atoms with van der Waals surface area (Å²) in [6, 6.07) is 11.3. The Kier molecular flexibility index (Phi) is 6.46. The number of rotatable bonds is 7. The summed E-state index contributed by atoms with van der Waals surface area (Å²) in [5, 5.41) is 8.20. The maximum Gasteiger partial charge on any atom is 0.234 e. The molecular weight excluding hydrogens is 342 g/mol. The number of benzene rings is 1. The van der Waals surface area contributed by atoms with E-state index in [0.717, 1.165) is 19.5 Å². The second kappa shape index (κ2) is 8.80. The topological polar surface area (TPSA) is 44.4 Å². The van der Waals surface area contributed by atoms with Crippen LogP contribution in [0.25, 0.3) is 0 Å². The molecule has 0 radical (unpaired) electrons. The van der Waals surface area contributed by atoms with E-state index >= 15 is 0 Å². The van der Waals surface area contributed by atoms with Gasteiger partial charge in [0.05, 0.1) is 12.6 Å². The summed E-state index contributed by atoms with van der Waals surface area (Å²) in [5.41, 5.74) is 4.06. The van der Waals surface area contributed by atoms with E-state index < -0.39 is 0 Å². The molecule has 1 aliphatic heterocycles. The summed E-state index contributed by atoms with van der Waals surface area (Å²) >= 11 is 1.86. The van der Waals surface area contributed by atoms with Crippen molar-refractivity contribution in [3.63, 3.8) is 0 Å². The molecule has 1 aliphatic rings. The molecular formula is C21H29N3OS. The highest BCUT2D eigenvalue weighted by molar-refractivity contribution is 7.10. The fourth-order valence-electron chi connectivity index (χ4n) is 3.53. The minimum absolute atomic E-state index is 0.0459. The largest absolute Gasteiger partial charge is 0.353 e. The van der Waals surface area contributed by atoms with Crippen LogP contribution in [0.3, 0.4) is 0 Å². The normalized spacial score (nSPS) is 15.7. The number of hydrogen-bond acceptors (Lipinski definition) is 4. The molecule has 0 saturated heterocycles. The van der Waals surface area contributed by atoms with Crippen molar-refractivity contribution in [2.24, 2.45) is 0 Å². The van der Waals surface area contributed by atoms with Gasteiger partial charge in [-0.15, -0.1) is 11.3 Å². The molecule has 0 aliphatic carbocycles. The van der Waals surface area contributed by atoms with Gasteiger partial charge in [-0.1, -0.05) is 38.1 Å². The Hall–Kier alpha value is -1.69. The lowest BCUT2D eigenvalue weighted by Gasteiger charge is -2.35. The van der Waals surface area contributed by atoms with Crippen LogP contribution in [0.2, 0.25) is 0 Å². The van der Waals surface area contributed by atoms with Crippen molar-refractivity contribution in [3.8, 4) is 0 Å². The Balaban J connectivity index is 1.78. The molecule has 4 nitrogen and oxygen atoms in total. The zero-order valence-electron chi connectivity index (χ0n) is 15.9. The van der Waals surface area contributed by atoms with Crippen LogP contribution in [-0.2, 0) is 17.8 Å². The fraction of sp³-hybridized carbons (Fsp3) is 0.476. The average Bonchev–Trinajstić information content (AvgIpc) is 3.10. The van der Waals surface area contributed by atoms with Crippen molar-refractivity contribution in [1.82, 2.24) is 15.5 Å². The van der Waals surface area contributed by atoms with E-state index in [1.807, 2.05) is 11.3 Å². The molecule has 1 atom stereocenters. The molecule has 1 aromatic heterocycles. The first-order valence-electron chi connectivity index (χ1n) is 9.39. The van der Waals surface area contributed by atoms with Crippen LogP contribution in [0.1, 0.15) is 47.4 Å². The number of nitrogens with one attached hydrogen (secondary N) is 2. The summed E-state index contributed by atoms with van der Waals surface area (Å²) in [4.78, 5) is 16.0. The van der Waals surface area contributed by atoms with Crippen LogP contribution >= 0.6 is 11.3 Å². The lowest BCUT2D eigenvalue weighted by molar-refractivity contribution is -0.120. The highest BCUT2D eigenvalue weighted by Gasteiger charge is 2.26. The molecule has 0 bridgehead atoms. The SMILES string of the molecule is CNCC(=O)NCC(c1ccc(C(C)C)cc1)N1CCc2sccc2C1. The molecule has 2 aromatic rings. The highest BCUT2D eigenvalue weighted by atomic mass is 32.1. The summed E-state index contributed by atoms with van der Waals surface area (Å²) in [6.45, 7) is 7.42. The number of hydrogen-bond donors (Lipinski definition) is 2. The van der Waals surface area contributed by atoms with Crippen LogP contribution in [0.5, 0.6) is 0 Å². The second-order valence-electron chi connectivity index (χ2n) is 7.26. The molecule has 140 valence electrons. The van der Waals surface area contributed by atoms with Gasteiger partial charge >= 0.3 is 0 Å². The molecule has 5 heteroatoms. The van der Waals surface area contributed by atoms with Crippen molar-refractivity contribution in [2.45, 2.75) is 38.8 Å². The molecule has 26 heavy (non-hydrogen) atoms. The van der Waals surface area contributed by atoms with Gasteiger partial charge in [-0.25, -0.2) is 0 Å². The standard InChI is InChI=1S/C21H29N3OS/c1-15(2)16-4-6-17(7-5-16)19(12-23-21(25)13-22-3)24-10-8-20-18(14-24)9-11-26-20/h4-7,9,11,15,19,22H,8,10,12-14H2,1-3H3,(H,23,25). The van der Waals surface area contributed by atoms with Crippen molar-refractivity contribution < 1.29 is 4.79 Å². The summed E-state index contributed by atoms with van der Waals surface area (Å²) < 4.78 is 0. The Morgan fingerprint density at radius 3 is 2.62 bits per heavy atom. The van der Waals surface area contributed by atoms with Crippen LogP contribution in [0.4, 0.5) is 0 Å². The van der Waals surface area contributed by atoms with E-state index in [4.69, 9.17) is 0 Å². The number of carbonyl (C=O) groups is 1. The fourth-order valence-corrected chi connectivity index (χ4v) is 4.42. The Labute approximate surface area is 160 Å². The zero-order chi connectivity index (χ0) is 18.5. The number of carbonyl (C=O) groups excluding carboxylic acids is 1. The van der Waals surface area contributed by atoms with Crippen molar-refractivity contribution >= 4 is 17.2 Å². The summed E-state index contributed by atoms with van der Waals surface area (Å²) in [7, 11) is 1.80. The second-order valence-corrected chi connectivity index (χ2v) is 8.26. The molecule has 2 N–H and O–H groups in total. The van der Waals surface area contributed by atoms with E-state index in [2.05, 4.69) is 65.1 Å². The molecule has 0 fully saturated rings. The maximum absolute atomic E-state index is 12.0. The monoisotopic (exact) mass is 371 g/mol. The lowest BCUT2D eigenvalue weighted by atomic mass is 9.97. The third-order valence-corrected chi connectivity index (χ3v) is 6.12. The van der Waals surface area contributed by atoms with Gasteiger partial charge in [0, 0.05) is 24.5 Å². The molecule has 0 saturated carbocycles. The quantitative estimate of drug-likeness (QED) is 0.785.